The van der Waals surface area contributed by atoms with Gasteiger partial charge in [0.15, 0.2) is 5.60 Å². The van der Waals surface area contributed by atoms with Gasteiger partial charge in [0.1, 0.15) is 45.8 Å². The fraction of sp³-hybridized carbons (Fsp3) is 0.434. The summed E-state index contributed by atoms with van der Waals surface area (Å²) in [5, 5.41) is 22.5. The summed E-state index contributed by atoms with van der Waals surface area (Å²) in [4.78, 5) is 118. The first-order chi connectivity index (χ1) is 49.1. The SMILES string of the molecule is CO[Si](CCCNC(=O)NCCCNC(=O)c1cc(OCC(C)C)c2cccc(NC(=O)c3cc(OCC(C)C)c4cccc(NC(=O)c5cc(OCC(C)C)c6cccc(NC(=O)c7cc(OCC(C)C)c8cccc(NC(=O)C9%10CCC(C)(C(=O)O9)C%10(C)C)c8n7)c6n5)c4n3)c2n1)(OC)OC. The van der Waals surface area contributed by atoms with E-state index in [1.54, 1.807) is 78.9 Å². The number of ether oxygens (including phenoxy) is 5. The van der Waals surface area contributed by atoms with Gasteiger partial charge in [-0.25, -0.2) is 24.7 Å². The Bertz CT molecular complexity index is 4540. The summed E-state index contributed by atoms with van der Waals surface area (Å²) < 4.78 is 47.7. The van der Waals surface area contributed by atoms with E-state index >= 15 is 0 Å². The van der Waals surface area contributed by atoms with Crippen LogP contribution < -0.4 is 56.2 Å². The first-order valence-corrected chi connectivity index (χ1v) is 36.8. The maximum atomic E-state index is 15.0. The smallest absolute Gasteiger partial charge is 0.493 e. The Morgan fingerprint density at radius 3 is 1.11 bits per heavy atom. The number of pyridine rings is 4. The second-order valence-corrected chi connectivity index (χ2v) is 31.4. The number of nitrogens with zero attached hydrogens (tertiary/aromatic N) is 4. The van der Waals surface area contributed by atoms with Gasteiger partial charge in [0.25, 0.3) is 29.5 Å². The van der Waals surface area contributed by atoms with Crippen molar-refractivity contribution in [2.75, 3.05) is 88.7 Å². The van der Waals surface area contributed by atoms with E-state index in [-0.39, 0.29) is 124 Å². The van der Waals surface area contributed by atoms with E-state index in [4.69, 9.17) is 56.9 Å². The summed E-state index contributed by atoms with van der Waals surface area (Å²) in [5.74, 6) is -1.76. The molecule has 1 aliphatic heterocycles. The van der Waals surface area contributed by atoms with Gasteiger partial charge in [0, 0.05) is 98.2 Å². The summed E-state index contributed by atoms with van der Waals surface area (Å²) in [6.07, 6.45) is 1.81. The number of fused-ring (bicyclic) bond motifs is 6. The van der Waals surface area contributed by atoms with E-state index in [1.807, 2.05) is 76.2 Å². The molecular weight excluding hydrogens is 1330 g/mol. The molecule has 1 saturated heterocycles. The number of aromatic nitrogens is 4. The lowest BCUT2D eigenvalue weighted by Gasteiger charge is -2.35. The molecule has 1 saturated carbocycles. The third kappa shape index (κ3) is 16.4. The zero-order chi connectivity index (χ0) is 74.1. The minimum Gasteiger partial charge on any atom is -0.493 e. The highest BCUT2D eigenvalue weighted by atomic mass is 28.4. The number of nitrogens with one attached hydrogen (secondary N) is 7. The van der Waals surface area contributed by atoms with Crippen LogP contribution in [0.5, 0.6) is 23.0 Å². The number of urea groups is 1. The number of rotatable bonds is 32. The summed E-state index contributed by atoms with van der Waals surface area (Å²) in [5.41, 5.74) is -1.47. The maximum absolute atomic E-state index is 15.0. The molecular formula is C76H93N11O15Si. The molecule has 2 bridgehead atoms. The Balaban J connectivity index is 0.921. The monoisotopic (exact) mass is 1430 g/mol. The molecule has 1 aliphatic carbocycles. The second-order valence-electron chi connectivity index (χ2n) is 28.3. The molecule has 7 amide bonds. The van der Waals surface area contributed by atoms with Crippen LogP contribution in [0.1, 0.15) is 144 Å². The Labute approximate surface area is 599 Å². The molecule has 8 aromatic rings. The third-order valence-corrected chi connectivity index (χ3v) is 21.5. The lowest BCUT2D eigenvalue weighted by molar-refractivity contribution is -0.165. The number of carbonyl (C=O) groups is 7. The van der Waals surface area contributed by atoms with E-state index in [9.17, 15) is 33.6 Å². The quantitative estimate of drug-likeness (QED) is 0.0117. The topological polar surface area (TPSA) is 329 Å². The molecule has 5 heterocycles. The number of anilines is 4. The standard InChI is InChI=1S/C76H93N11O15Si/c1-43(2)39-98-59-35-55(67(88)77-31-19-32-78-73(94)79-33-20-34-103(95-12,96-13)97-14)80-63-47(59)21-15-25-51(63)84-68(89)56-36-60(99-40-44(3)4)48-22-16-26-52(64(48)81-56)85-69(90)57-37-61(100-41-45(5)6)49-23-17-27-53(65(49)82-57)86-70(91)58-38-62(101-42-46(7)8)50-24-18-28-54(66(50)83-58)87-71(92)76-30-29-75(11,72(93)102-76)74(76,9)10/h15-18,21-28,35-38,43-46H,19-20,29-34,39-42H2,1-14H3,(H,77,88)(H,84,89)(H,85,90)(H,86,91)(H,87,92)(H2,78,79,94). The molecule has 10 rings (SSSR count). The number of esters is 1. The molecule has 4 aromatic carbocycles. The lowest BCUT2D eigenvalue weighted by Crippen LogP contribution is -2.50. The van der Waals surface area contributed by atoms with Crippen LogP contribution in [0.25, 0.3) is 43.6 Å². The largest absolute Gasteiger partial charge is 0.500 e. The average Bonchev–Trinajstić information content (AvgIpc) is 1.52. The predicted octanol–water partition coefficient (Wildman–Crippen LogP) is 12.5. The molecule has 2 aliphatic rings. The molecule has 27 heteroatoms. The van der Waals surface area contributed by atoms with Crippen molar-refractivity contribution in [2.24, 2.45) is 34.5 Å². The van der Waals surface area contributed by atoms with Crippen molar-refractivity contribution in [3.05, 3.63) is 120 Å². The lowest BCUT2D eigenvalue weighted by atomic mass is 9.66. The number of hydrogen-bond donors (Lipinski definition) is 7. The maximum Gasteiger partial charge on any atom is 0.500 e. The fourth-order valence-corrected chi connectivity index (χ4v) is 14.2. The van der Waals surface area contributed by atoms with E-state index in [0.29, 0.717) is 96.0 Å². The molecule has 2 fully saturated rings. The van der Waals surface area contributed by atoms with Crippen LogP contribution in [0.2, 0.25) is 6.04 Å². The van der Waals surface area contributed by atoms with Gasteiger partial charge in [-0.1, -0.05) is 93.5 Å². The van der Waals surface area contributed by atoms with E-state index < -0.39 is 60.7 Å². The summed E-state index contributed by atoms with van der Waals surface area (Å²) in [7, 11) is 1.84. The summed E-state index contributed by atoms with van der Waals surface area (Å²) >= 11 is 0. The van der Waals surface area contributed by atoms with Crippen molar-refractivity contribution >= 4 is 117 Å². The van der Waals surface area contributed by atoms with Gasteiger partial charge in [-0.15, -0.1) is 0 Å². The van der Waals surface area contributed by atoms with Gasteiger partial charge in [-0.3, -0.25) is 28.8 Å². The Morgan fingerprint density at radius 2 is 0.786 bits per heavy atom. The molecule has 4 aromatic heterocycles. The number of carbonyl (C=O) groups excluding carboxylic acids is 7. The molecule has 0 radical (unpaired) electrons. The van der Waals surface area contributed by atoms with Crippen molar-refractivity contribution in [1.82, 2.24) is 35.9 Å². The van der Waals surface area contributed by atoms with Gasteiger partial charge in [0.05, 0.1) is 76.7 Å². The van der Waals surface area contributed by atoms with Crippen LogP contribution in [-0.4, -0.2) is 143 Å². The summed E-state index contributed by atoms with van der Waals surface area (Å²) in [6.45, 7) is 23.5. The van der Waals surface area contributed by atoms with Crippen molar-refractivity contribution in [1.29, 1.82) is 0 Å². The van der Waals surface area contributed by atoms with E-state index in [2.05, 4.69) is 37.2 Å². The molecule has 26 nitrogen and oxygen atoms in total. The number of benzene rings is 4. The highest BCUT2D eigenvalue weighted by Crippen LogP contribution is 2.66. The van der Waals surface area contributed by atoms with Crippen LogP contribution in [0.3, 0.4) is 0 Å². The van der Waals surface area contributed by atoms with Gasteiger partial charge in [-0.05, 0) is 105 Å². The predicted molar refractivity (Wildman–Crippen MR) is 395 cm³/mol. The van der Waals surface area contributed by atoms with Crippen molar-refractivity contribution in [3.63, 3.8) is 0 Å². The zero-order valence-corrected chi connectivity index (χ0v) is 61.9. The molecule has 2 unspecified atom stereocenters. The van der Waals surface area contributed by atoms with E-state index in [0.717, 1.165) is 0 Å². The normalized spacial score (nSPS) is 16.2. The molecule has 2 atom stereocenters. The summed E-state index contributed by atoms with van der Waals surface area (Å²) in [6, 6.07) is 27.0. The first kappa shape index (κ1) is 75.6. The van der Waals surface area contributed by atoms with Crippen LogP contribution in [0, 0.1) is 34.5 Å². The third-order valence-electron chi connectivity index (χ3n) is 18.7. The van der Waals surface area contributed by atoms with Gasteiger partial charge >= 0.3 is 20.8 Å². The van der Waals surface area contributed by atoms with Gasteiger partial charge in [0.2, 0.25) is 0 Å². The van der Waals surface area contributed by atoms with Gasteiger partial charge < -0.3 is 74.2 Å². The minimum absolute atomic E-state index is 0.0241. The van der Waals surface area contributed by atoms with E-state index in [1.165, 1.54) is 39.5 Å². The van der Waals surface area contributed by atoms with Crippen molar-refractivity contribution < 1.29 is 70.5 Å². The van der Waals surface area contributed by atoms with Crippen LogP contribution >= 0.6 is 0 Å². The Morgan fingerprint density at radius 1 is 0.456 bits per heavy atom. The van der Waals surface area contributed by atoms with Crippen molar-refractivity contribution in [2.45, 2.75) is 113 Å². The van der Waals surface area contributed by atoms with Crippen LogP contribution in [0.15, 0.2) is 97.1 Å². The van der Waals surface area contributed by atoms with Crippen LogP contribution in [0.4, 0.5) is 27.5 Å². The van der Waals surface area contributed by atoms with Crippen molar-refractivity contribution in [3.8, 4) is 23.0 Å². The molecule has 7 N–H and O–H groups in total. The van der Waals surface area contributed by atoms with Gasteiger partial charge in [-0.2, -0.15) is 0 Å². The Kier molecular flexibility index (Phi) is 23.5. The minimum atomic E-state index is -2.77. The highest BCUT2D eigenvalue weighted by Gasteiger charge is 2.75. The number of amides is 7. The number of hydrogen-bond acceptors (Lipinski definition) is 19. The van der Waals surface area contributed by atoms with Crippen LogP contribution in [-0.2, 0) is 27.6 Å². The highest BCUT2D eigenvalue weighted by molar-refractivity contribution is 6.60. The fourth-order valence-electron chi connectivity index (χ4n) is 12.5. The number of para-hydroxylation sites is 4. The molecule has 0 spiro atoms. The second kappa shape index (κ2) is 32.1. The first-order valence-electron chi connectivity index (χ1n) is 34.8. The molecule has 546 valence electrons. The average molecular weight is 1430 g/mol. The zero-order valence-electron chi connectivity index (χ0n) is 60.9. The molecule has 103 heavy (non-hydrogen) atoms. The Hall–Kier alpha value is -10.1.